The first-order chi connectivity index (χ1) is 15.5. The molecule has 1 aliphatic rings. The average molecular weight is 438 g/mol. The summed E-state index contributed by atoms with van der Waals surface area (Å²) < 4.78 is 36.0. The normalized spacial score (nSPS) is 13.2. The molecular weight excluding hydrogens is 418 g/mol. The number of methoxy groups -OCH3 is 1. The number of halogens is 2. The van der Waals surface area contributed by atoms with Gasteiger partial charge in [0.15, 0.2) is 11.6 Å². The third-order valence-electron chi connectivity index (χ3n) is 5.15. The predicted octanol–water partition coefficient (Wildman–Crippen LogP) is 3.74. The van der Waals surface area contributed by atoms with E-state index in [9.17, 15) is 8.78 Å². The Morgan fingerprint density at radius 2 is 1.91 bits per heavy atom. The van der Waals surface area contributed by atoms with E-state index >= 15 is 0 Å². The molecule has 0 saturated carbocycles. The zero-order valence-electron chi connectivity index (χ0n) is 17.5. The molecule has 0 unspecified atom stereocenters. The Morgan fingerprint density at radius 3 is 2.66 bits per heavy atom. The summed E-state index contributed by atoms with van der Waals surface area (Å²) in [5, 5.41) is 12.0. The predicted molar refractivity (Wildman–Crippen MR) is 114 cm³/mol. The van der Waals surface area contributed by atoms with E-state index in [1.54, 1.807) is 22.8 Å². The van der Waals surface area contributed by atoms with Gasteiger partial charge in [0.25, 0.3) is 0 Å². The van der Waals surface area contributed by atoms with Gasteiger partial charge < -0.3 is 15.0 Å². The van der Waals surface area contributed by atoms with Crippen molar-refractivity contribution in [3.8, 4) is 11.4 Å². The van der Waals surface area contributed by atoms with Crippen LogP contribution < -0.4 is 15.0 Å². The Labute approximate surface area is 182 Å². The second-order valence-corrected chi connectivity index (χ2v) is 7.31. The number of ether oxygens (including phenoxy) is 1. The molecule has 32 heavy (non-hydrogen) atoms. The molecule has 2 aromatic carbocycles. The summed E-state index contributed by atoms with van der Waals surface area (Å²) in [5.74, 6) is 0.438. The van der Waals surface area contributed by atoms with Gasteiger partial charge >= 0.3 is 0 Å². The number of hydrogen-bond acceptors (Lipinski definition) is 7. The Kier molecular flexibility index (Phi) is 4.92. The largest absolute Gasteiger partial charge is 0.494 e. The minimum absolute atomic E-state index is 0.390. The molecule has 3 heterocycles. The van der Waals surface area contributed by atoms with Crippen molar-refractivity contribution in [2.24, 2.45) is 0 Å². The highest BCUT2D eigenvalue weighted by Crippen LogP contribution is 2.31. The van der Waals surface area contributed by atoms with E-state index in [0.717, 1.165) is 23.9 Å². The van der Waals surface area contributed by atoms with Crippen molar-refractivity contribution < 1.29 is 13.5 Å². The number of nitrogens with zero attached hydrogens (tertiary/aromatic N) is 7. The average Bonchev–Trinajstić information content (AvgIpc) is 3.41. The SMILES string of the molecule is COc1cc(Nc2nc3n(n2)CCCN3c2ccc(F)c(F)c2)ccc1-n1cnc(C)n1. The van der Waals surface area contributed by atoms with E-state index in [1.165, 1.54) is 12.1 Å². The number of aryl methyl sites for hydroxylation is 2. The lowest BCUT2D eigenvalue weighted by Crippen LogP contribution is -2.28. The van der Waals surface area contributed by atoms with Crippen LogP contribution in [0.3, 0.4) is 0 Å². The minimum atomic E-state index is -0.896. The summed E-state index contributed by atoms with van der Waals surface area (Å²) in [6.07, 6.45) is 2.42. The lowest BCUT2D eigenvalue weighted by molar-refractivity contribution is 0.412. The zero-order valence-corrected chi connectivity index (χ0v) is 17.5. The van der Waals surface area contributed by atoms with Crippen LogP contribution in [0.15, 0.2) is 42.7 Å². The van der Waals surface area contributed by atoms with Gasteiger partial charge in [-0.3, -0.25) is 0 Å². The molecular formula is C21H20F2N8O. The fourth-order valence-corrected chi connectivity index (χ4v) is 3.65. The first kappa shape index (κ1) is 19.9. The summed E-state index contributed by atoms with van der Waals surface area (Å²) in [4.78, 5) is 10.5. The first-order valence-corrected chi connectivity index (χ1v) is 10.0. The van der Waals surface area contributed by atoms with Gasteiger partial charge in [0, 0.05) is 36.6 Å². The Balaban J connectivity index is 1.42. The molecule has 1 N–H and O–H groups in total. The number of hydrogen-bond donors (Lipinski definition) is 1. The summed E-state index contributed by atoms with van der Waals surface area (Å²) in [6.45, 7) is 3.12. The maximum atomic E-state index is 13.8. The maximum Gasteiger partial charge on any atom is 0.248 e. The van der Waals surface area contributed by atoms with Crippen molar-refractivity contribution in [2.75, 3.05) is 23.9 Å². The third-order valence-corrected chi connectivity index (χ3v) is 5.15. The highest BCUT2D eigenvalue weighted by molar-refractivity contribution is 5.64. The van der Waals surface area contributed by atoms with Crippen molar-refractivity contribution in [3.05, 3.63) is 60.2 Å². The molecule has 0 spiro atoms. The summed E-state index contributed by atoms with van der Waals surface area (Å²) in [6, 6.07) is 9.36. The lowest BCUT2D eigenvalue weighted by Gasteiger charge is -2.27. The molecule has 1 aliphatic heterocycles. The zero-order chi connectivity index (χ0) is 22.2. The molecule has 9 nitrogen and oxygen atoms in total. The van der Waals surface area contributed by atoms with Gasteiger partial charge in [-0.2, -0.15) is 10.1 Å². The third kappa shape index (κ3) is 3.61. The van der Waals surface area contributed by atoms with Crippen LogP contribution in [0.5, 0.6) is 5.75 Å². The molecule has 0 aliphatic carbocycles. The summed E-state index contributed by atoms with van der Waals surface area (Å²) >= 11 is 0. The molecule has 164 valence electrons. The number of aromatic nitrogens is 6. The highest BCUT2D eigenvalue weighted by Gasteiger charge is 2.23. The molecule has 0 radical (unpaired) electrons. The van der Waals surface area contributed by atoms with E-state index in [-0.39, 0.29) is 0 Å². The maximum absolute atomic E-state index is 13.8. The van der Waals surface area contributed by atoms with E-state index in [2.05, 4.69) is 25.5 Å². The molecule has 0 fully saturated rings. The van der Waals surface area contributed by atoms with Gasteiger partial charge in [0.2, 0.25) is 11.9 Å². The van der Waals surface area contributed by atoms with Gasteiger partial charge in [0.1, 0.15) is 23.6 Å². The van der Waals surface area contributed by atoms with Gasteiger partial charge in [-0.1, -0.05) is 0 Å². The molecule has 0 bridgehead atoms. The molecule has 2 aromatic heterocycles. The van der Waals surface area contributed by atoms with Crippen molar-refractivity contribution in [1.29, 1.82) is 0 Å². The van der Waals surface area contributed by atoms with Crippen LogP contribution in [0.4, 0.5) is 32.1 Å². The lowest BCUT2D eigenvalue weighted by atomic mass is 10.2. The van der Waals surface area contributed by atoms with Crippen LogP contribution in [0.25, 0.3) is 5.69 Å². The molecule has 0 amide bonds. The molecule has 0 saturated heterocycles. The second kappa shape index (κ2) is 7.91. The second-order valence-electron chi connectivity index (χ2n) is 7.31. The minimum Gasteiger partial charge on any atom is -0.494 e. The highest BCUT2D eigenvalue weighted by atomic mass is 19.2. The van der Waals surface area contributed by atoms with Gasteiger partial charge in [0.05, 0.1) is 7.11 Å². The van der Waals surface area contributed by atoms with Crippen LogP contribution >= 0.6 is 0 Å². The van der Waals surface area contributed by atoms with Crippen LogP contribution in [0.2, 0.25) is 0 Å². The van der Waals surface area contributed by atoms with Crippen LogP contribution in [-0.2, 0) is 6.54 Å². The van der Waals surface area contributed by atoms with E-state index in [1.807, 2.05) is 30.0 Å². The molecule has 4 aromatic rings. The van der Waals surface area contributed by atoms with Crippen LogP contribution in [0, 0.1) is 18.6 Å². The Morgan fingerprint density at radius 1 is 1.03 bits per heavy atom. The van der Waals surface area contributed by atoms with Crippen molar-refractivity contribution in [1.82, 2.24) is 29.5 Å². The fraction of sp³-hybridized carbons (Fsp3) is 0.238. The van der Waals surface area contributed by atoms with E-state index in [0.29, 0.717) is 42.2 Å². The number of nitrogens with one attached hydrogen (secondary N) is 1. The van der Waals surface area contributed by atoms with Crippen molar-refractivity contribution >= 4 is 23.3 Å². The number of benzene rings is 2. The van der Waals surface area contributed by atoms with E-state index in [4.69, 9.17) is 4.74 Å². The number of anilines is 4. The Hall–Kier alpha value is -4.02. The van der Waals surface area contributed by atoms with E-state index < -0.39 is 11.6 Å². The first-order valence-electron chi connectivity index (χ1n) is 10.0. The topological polar surface area (TPSA) is 85.9 Å². The fourth-order valence-electron chi connectivity index (χ4n) is 3.65. The molecule has 5 rings (SSSR count). The summed E-state index contributed by atoms with van der Waals surface area (Å²) in [7, 11) is 1.58. The van der Waals surface area contributed by atoms with Crippen LogP contribution in [0.1, 0.15) is 12.2 Å². The standard InChI is InChI=1S/C21H20F2N8O/c1-13-24-12-31(27-13)18-7-4-14(10-19(18)32-2)25-20-26-21-29(8-3-9-30(21)28-20)15-5-6-16(22)17(23)11-15/h4-7,10-12H,3,8-9H2,1-2H3,(H,25,28). The summed E-state index contributed by atoms with van der Waals surface area (Å²) in [5.41, 5.74) is 2.00. The van der Waals surface area contributed by atoms with Gasteiger partial charge in [-0.25, -0.2) is 23.1 Å². The van der Waals surface area contributed by atoms with Crippen LogP contribution in [-0.4, -0.2) is 43.2 Å². The van der Waals surface area contributed by atoms with Crippen molar-refractivity contribution in [2.45, 2.75) is 19.9 Å². The number of fused-ring (bicyclic) bond motifs is 1. The monoisotopic (exact) mass is 438 g/mol. The quantitative estimate of drug-likeness (QED) is 0.508. The number of rotatable bonds is 5. The van der Waals surface area contributed by atoms with Gasteiger partial charge in [-0.05, 0) is 37.6 Å². The molecule has 11 heteroatoms. The van der Waals surface area contributed by atoms with Gasteiger partial charge in [-0.15, -0.1) is 5.10 Å². The molecule has 0 atom stereocenters. The Bertz CT molecular complexity index is 1280. The smallest absolute Gasteiger partial charge is 0.248 e. The van der Waals surface area contributed by atoms with Crippen molar-refractivity contribution in [3.63, 3.8) is 0 Å².